The Bertz CT molecular complexity index is 697. The molecule has 1 unspecified atom stereocenters. The van der Waals surface area contributed by atoms with Gasteiger partial charge in [0.1, 0.15) is 11.9 Å². The number of rotatable bonds is 2. The Kier molecular flexibility index (Phi) is 3.81. The van der Waals surface area contributed by atoms with Gasteiger partial charge in [0.05, 0.1) is 13.2 Å². The van der Waals surface area contributed by atoms with Crippen LogP contribution < -0.4 is 5.73 Å². The summed E-state index contributed by atoms with van der Waals surface area (Å²) >= 11 is 0. The van der Waals surface area contributed by atoms with E-state index >= 15 is 0 Å². The van der Waals surface area contributed by atoms with Crippen molar-refractivity contribution in [3.05, 3.63) is 41.0 Å². The standard InChI is InChI=1S/C15H19N5O2/c1-9-3-4-11(16)7-12(9)15(21)20-5-6-22-13(8-20)14-17-10(2)18-19-14/h3-4,7,13H,5-6,8,16H2,1-2H3,(H,17,18,19). The molecule has 0 spiro atoms. The molecule has 7 heteroatoms. The van der Waals surface area contributed by atoms with E-state index in [1.54, 1.807) is 17.0 Å². The number of nitrogens with two attached hydrogens (primary N) is 1. The Labute approximate surface area is 128 Å². The first kappa shape index (κ1) is 14.5. The summed E-state index contributed by atoms with van der Waals surface area (Å²) in [6, 6.07) is 5.38. The van der Waals surface area contributed by atoms with Crippen LogP contribution in [-0.4, -0.2) is 45.7 Å². The van der Waals surface area contributed by atoms with E-state index in [9.17, 15) is 4.79 Å². The zero-order chi connectivity index (χ0) is 15.7. The van der Waals surface area contributed by atoms with Crippen LogP contribution in [0.5, 0.6) is 0 Å². The Balaban J connectivity index is 1.79. The third kappa shape index (κ3) is 2.80. The SMILES string of the molecule is Cc1nc(C2CN(C(=O)c3cc(N)ccc3C)CCO2)n[nH]1. The topological polar surface area (TPSA) is 97.1 Å². The molecule has 3 N–H and O–H groups in total. The van der Waals surface area contributed by atoms with Gasteiger partial charge >= 0.3 is 0 Å². The van der Waals surface area contributed by atoms with Crippen molar-refractivity contribution in [2.45, 2.75) is 20.0 Å². The number of carbonyl (C=O) groups is 1. The third-order valence-corrected chi connectivity index (χ3v) is 3.75. The van der Waals surface area contributed by atoms with E-state index in [0.29, 0.717) is 36.8 Å². The van der Waals surface area contributed by atoms with E-state index < -0.39 is 0 Å². The predicted octanol–water partition coefficient (Wildman–Crippen LogP) is 1.22. The number of aryl methyl sites for hydroxylation is 2. The molecule has 1 aliphatic rings. The van der Waals surface area contributed by atoms with Gasteiger partial charge in [-0.15, -0.1) is 0 Å². The van der Waals surface area contributed by atoms with Crippen LogP contribution in [0.25, 0.3) is 0 Å². The van der Waals surface area contributed by atoms with Crippen molar-refractivity contribution < 1.29 is 9.53 Å². The molecule has 1 amide bonds. The van der Waals surface area contributed by atoms with Gasteiger partial charge in [-0.2, -0.15) is 5.10 Å². The van der Waals surface area contributed by atoms with Gasteiger partial charge in [0.15, 0.2) is 5.82 Å². The van der Waals surface area contributed by atoms with Crippen LogP contribution in [0.3, 0.4) is 0 Å². The number of nitrogens with one attached hydrogen (secondary N) is 1. The third-order valence-electron chi connectivity index (χ3n) is 3.75. The van der Waals surface area contributed by atoms with Crippen LogP contribution in [0.4, 0.5) is 5.69 Å². The number of H-pyrrole nitrogens is 1. The zero-order valence-corrected chi connectivity index (χ0v) is 12.7. The molecular weight excluding hydrogens is 282 g/mol. The van der Waals surface area contributed by atoms with E-state index in [0.717, 1.165) is 11.4 Å². The quantitative estimate of drug-likeness (QED) is 0.813. The van der Waals surface area contributed by atoms with Gasteiger partial charge in [0, 0.05) is 17.8 Å². The molecule has 116 valence electrons. The molecule has 7 nitrogen and oxygen atoms in total. The Morgan fingerprint density at radius 3 is 3.00 bits per heavy atom. The smallest absolute Gasteiger partial charge is 0.254 e. The Morgan fingerprint density at radius 1 is 1.45 bits per heavy atom. The molecule has 0 radical (unpaired) electrons. The fourth-order valence-electron chi connectivity index (χ4n) is 2.53. The second-order valence-corrected chi connectivity index (χ2v) is 5.46. The van der Waals surface area contributed by atoms with E-state index in [-0.39, 0.29) is 12.0 Å². The fourth-order valence-corrected chi connectivity index (χ4v) is 2.53. The first-order valence-corrected chi connectivity index (χ1v) is 7.20. The number of ether oxygens (including phenoxy) is 1. The van der Waals surface area contributed by atoms with E-state index in [2.05, 4.69) is 15.2 Å². The van der Waals surface area contributed by atoms with Crippen LogP contribution in [0.15, 0.2) is 18.2 Å². The Hall–Kier alpha value is -2.41. The first-order chi connectivity index (χ1) is 10.5. The molecule has 2 heterocycles. The first-order valence-electron chi connectivity index (χ1n) is 7.20. The van der Waals surface area contributed by atoms with Crippen molar-refractivity contribution >= 4 is 11.6 Å². The summed E-state index contributed by atoms with van der Waals surface area (Å²) in [4.78, 5) is 18.8. The van der Waals surface area contributed by atoms with Gasteiger partial charge in [0.25, 0.3) is 5.91 Å². The van der Waals surface area contributed by atoms with E-state index in [1.165, 1.54) is 0 Å². The van der Waals surface area contributed by atoms with Crippen LogP contribution in [-0.2, 0) is 4.74 Å². The highest BCUT2D eigenvalue weighted by atomic mass is 16.5. The lowest BCUT2D eigenvalue weighted by Crippen LogP contribution is -2.42. The number of hydrogen-bond acceptors (Lipinski definition) is 5. The van der Waals surface area contributed by atoms with Crippen molar-refractivity contribution in [3.8, 4) is 0 Å². The minimum atomic E-state index is -0.302. The minimum absolute atomic E-state index is 0.0367. The summed E-state index contributed by atoms with van der Waals surface area (Å²) in [6.45, 7) is 5.18. The van der Waals surface area contributed by atoms with Crippen molar-refractivity contribution in [2.75, 3.05) is 25.4 Å². The van der Waals surface area contributed by atoms with Crippen molar-refractivity contribution in [1.82, 2.24) is 20.1 Å². The zero-order valence-electron chi connectivity index (χ0n) is 12.7. The normalized spacial score (nSPS) is 18.5. The van der Waals surface area contributed by atoms with Crippen LogP contribution in [0.1, 0.15) is 33.7 Å². The average molecular weight is 301 g/mol. The lowest BCUT2D eigenvalue weighted by Gasteiger charge is -2.32. The number of anilines is 1. The molecule has 22 heavy (non-hydrogen) atoms. The molecule has 1 aromatic heterocycles. The number of morpholine rings is 1. The van der Waals surface area contributed by atoms with Gasteiger partial charge in [-0.1, -0.05) is 6.07 Å². The molecule has 1 aromatic carbocycles. The molecule has 1 atom stereocenters. The van der Waals surface area contributed by atoms with Crippen molar-refractivity contribution in [3.63, 3.8) is 0 Å². The lowest BCUT2D eigenvalue weighted by molar-refractivity contribution is -0.0267. The second kappa shape index (κ2) is 5.76. The number of hydrogen-bond donors (Lipinski definition) is 2. The van der Waals surface area contributed by atoms with Crippen molar-refractivity contribution in [1.29, 1.82) is 0 Å². The number of benzene rings is 1. The Morgan fingerprint density at radius 2 is 2.27 bits per heavy atom. The molecule has 3 rings (SSSR count). The molecule has 2 aromatic rings. The number of nitrogen functional groups attached to an aromatic ring is 1. The minimum Gasteiger partial charge on any atom is -0.399 e. The maximum absolute atomic E-state index is 12.7. The predicted molar refractivity (Wildman–Crippen MR) is 81.3 cm³/mol. The summed E-state index contributed by atoms with van der Waals surface area (Å²) in [7, 11) is 0. The fraction of sp³-hybridized carbons (Fsp3) is 0.400. The van der Waals surface area contributed by atoms with Gasteiger partial charge in [-0.05, 0) is 31.5 Å². The molecule has 1 saturated heterocycles. The van der Waals surface area contributed by atoms with Crippen LogP contribution in [0, 0.1) is 13.8 Å². The maximum atomic E-state index is 12.7. The maximum Gasteiger partial charge on any atom is 0.254 e. The highest BCUT2D eigenvalue weighted by Crippen LogP contribution is 2.22. The average Bonchev–Trinajstić information content (AvgIpc) is 2.96. The van der Waals surface area contributed by atoms with E-state index in [4.69, 9.17) is 10.5 Å². The molecule has 0 aliphatic carbocycles. The largest absolute Gasteiger partial charge is 0.399 e. The number of aromatic nitrogens is 3. The van der Waals surface area contributed by atoms with Gasteiger partial charge in [-0.3, -0.25) is 9.89 Å². The number of nitrogens with zero attached hydrogens (tertiary/aromatic N) is 3. The monoisotopic (exact) mass is 301 g/mol. The second-order valence-electron chi connectivity index (χ2n) is 5.46. The van der Waals surface area contributed by atoms with Crippen LogP contribution in [0.2, 0.25) is 0 Å². The van der Waals surface area contributed by atoms with Crippen molar-refractivity contribution in [2.24, 2.45) is 0 Å². The number of carbonyl (C=O) groups excluding carboxylic acids is 1. The highest BCUT2D eigenvalue weighted by Gasteiger charge is 2.29. The molecule has 0 bridgehead atoms. The number of amides is 1. The highest BCUT2D eigenvalue weighted by molar-refractivity contribution is 5.96. The summed E-state index contributed by atoms with van der Waals surface area (Å²) in [6.07, 6.45) is -0.302. The van der Waals surface area contributed by atoms with Crippen LogP contribution >= 0.6 is 0 Å². The summed E-state index contributed by atoms with van der Waals surface area (Å²) < 4.78 is 5.68. The van der Waals surface area contributed by atoms with E-state index in [1.807, 2.05) is 19.9 Å². The molecule has 1 aliphatic heterocycles. The van der Waals surface area contributed by atoms with Gasteiger partial charge in [0.2, 0.25) is 0 Å². The summed E-state index contributed by atoms with van der Waals surface area (Å²) in [5.41, 5.74) is 7.93. The molecule has 1 fully saturated rings. The number of aromatic amines is 1. The molecule has 0 saturated carbocycles. The summed E-state index contributed by atoms with van der Waals surface area (Å²) in [5, 5.41) is 6.92. The summed E-state index contributed by atoms with van der Waals surface area (Å²) in [5.74, 6) is 1.28. The van der Waals surface area contributed by atoms with Gasteiger partial charge in [-0.25, -0.2) is 4.98 Å². The molecular formula is C15H19N5O2. The lowest BCUT2D eigenvalue weighted by atomic mass is 10.1. The van der Waals surface area contributed by atoms with Gasteiger partial charge < -0.3 is 15.4 Å².